The molecule has 1 N–H and O–H groups in total. The summed E-state index contributed by atoms with van der Waals surface area (Å²) in [6.07, 6.45) is 2.55. The SMILES string of the molecule is CC(C)(C)C1CCC1CO. The normalized spacial score (nSPS) is 33.6. The van der Waals surface area contributed by atoms with Gasteiger partial charge in [-0.15, -0.1) is 0 Å². The Morgan fingerprint density at radius 1 is 1.30 bits per heavy atom. The zero-order chi connectivity index (χ0) is 7.78. The molecule has 0 saturated heterocycles. The summed E-state index contributed by atoms with van der Waals surface area (Å²) in [5, 5.41) is 8.92. The molecule has 0 bridgehead atoms. The van der Waals surface area contributed by atoms with E-state index >= 15 is 0 Å². The lowest BCUT2D eigenvalue weighted by atomic mass is 9.62. The van der Waals surface area contributed by atoms with Gasteiger partial charge in [0, 0.05) is 6.61 Å². The van der Waals surface area contributed by atoms with E-state index in [9.17, 15) is 0 Å². The lowest BCUT2D eigenvalue weighted by Gasteiger charge is -2.44. The van der Waals surface area contributed by atoms with Gasteiger partial charge in [0.25, 0.3) is 0 Å². The predicted octanol–water partition coefficient (Wildman–Crippen LogP) is 2.05. The van der Waals surface area contributed by atoms with Crippen LogP contribution in [0.2, 0.25) is 0 Å². The van der Waals surface area contributed by atoms with Gasteiger partial charge in [-0.2, -0.15) is 0 Å². The Morgan fingerprint density at radius 2 is 1.90 bits per heavy atom. The van der Waals surface area contributed by atoms with E-state index < -0.39 is 0 Å². The molecule has 1 heteroatoms. The molecule has 10 heavy (non-hydrogen) atoms. The number of rotatable bonds is 1. The molecule has 0 aromatic heterocycles. The predicted molar refractivity (Wildman–Crippen MR) is 42.8 cm³/mol. The topological polar surface area (TPSA) is 20.2 Å². The zero-order valence-corrected chi connectivity index (χ0v) is 7.22. The maximum absolute atomic E-state index is 8.92. The second-order valence-corrected chi connectivity index (χ2v) is 4.49. The first-order valence-corrected chi connectivity index (χ1v) is 4.16. The van der Waals surface area contributed by atoms with Crippen LogP contribution in [0.5, 0.6) is 0 Å². The van der Waals surface area contributed by atoms with Crippen LogP contribution in [-0.2, 0) is 0 Å². The molecular formula is C9H18O. The number of aliphatic hydroxyl groups is 1. The van der Waals surface area contributed by atoms with Crippen LogP contribution < -0.4 is 0 Å². The molecule has 1 rings (SSSR count). The summed E-state index contributed by atoms with van der Waals surface area (Å²) in [7, 11) is 0. The molecule has 0 aromatic carbocycles. The third kappa shape index (κ3) is 1.34. The van der Waals surface area contributed by atoms with Gasteiger partial charge >= 0.3 is 0 Å². The zero-order valence-electron chi connectivity index (χ0n) is 7.22. The van der Waals surface area contributed by atoms with Crippen molar-refractivity contribution in [2.75, 3.05) is 6.61 Å². The fourth-order valence-electron chi connectivity index (χ4n) is 1.93. The number of hydrogen-bond acceptors (Lipinski definition) is 1. The van der Waals surface area contributed by atoms with Crippen molar-refractivity contribution >= 4 is 0 Å². The van der Waals surface area contributed by atoms with E-state index in [0.29, 0.717) is 17.9 Å². The quantitative estimate of drug-likeness (QED) is 0.594. The molecule has 1 nitrogen and oxygen atoms in total. The van der Waals surface area contributed by atoms with Crippen molar-refractivity contribution in [2.24, 2.45) is 17.3 Å². The molecule has 1 aliphatic rings. The monoisotopic (exact) mass is 142 g/mol. The average molecular weight is 142 g/mol. The summed E-state index contributed by atoms with van der Waals surface area (Å²) in [5.41, 5.74) is 0.408. The van der Waals surface area contributed by atoms with Crippen LogP contribution in [0.3, 0.4) is 0 Å². The second kappa shape index (κ2) is 2.54. The Labute approximate surface area is 63.4 Å². The molecule has 0 radical (unpaired) electrons. The molecule has 0 heterocycles. The molecule has 2 unspecified atom stereocenters. The average Bonchev–Trinajstić information content (AvgIpc) is 1.57. The van der Waals surface area contributed by atoms with Gasteiger partial charge in [-0.25, -0.2) is 0 Å². The number of hydrogen-bond donors (Lipinski definition) is 1. The standard InChI is InChI=1S/C9H18O/c1-9(2,3)8-5-4-7(8)6-10/h7-8,10H,4-6H2,1-3H3. The van der Waals surface area contributed by atoms with Gasteiger partial charge in [-0.3, -0.25) is 0 Å². The summed E-state index contributed by atoms with van der Waals surface area (Å²) < 4.78 is 0. The molecule has 0 spiro atoms. The Kier molecular flexibility index (Phi) is 2.04. The van der Waals surface area contributed by atoms with Crippen molar-refractivity contribution in [3.05, 3.63) is 0 Å². The van der Waals surface area contributed by atoms with Crippen molar-refractivity contribution in [2.45, 2.75) is 33.6 Å². The molecule has 0 aromatic rings. The number of aliphatic hydroxyl groups excluding tert-OH is 1. The third-order valence-electron chi connectivity index (χ3n) is 2.76. The van der Waals surface area contributed by atoms with E-state index in [1.54, 1.807) is 0 Å². The van der Waals surface area contributed by atoms with Crippen LogP contribution in [0.15, 0.2) is 0 Å². The molecule has 0 aliphatic heterocycles. The minimum absolute atomic E-state index is 0.391. The Hall–Kier alpha value is -0.0400. The van der Waals surface area contributed by atoms with E-state index in [-0.39, 0.29) is 0 Å². The fourth-order valence-corrected chi connectivity index (χ4v) is 1.93. The van der Waals surface area contributed by atoms with Crippen LogP contribution in [0.1, 0.15) is 33.6 Å². The van der Waals surface area contributed by atoms with E-state index in [2.05, 4.69) is 20.8 Å². The largest absolute Gasteiger partial charge is 0.396 e. The van der Waals surface area contributed by atoms with Gasteiger partial charge in [-0.1, -0.05) is 20.8 Å². The van der Waals surface area contributed by atoms with Crippen molar-refractivity contribution in [3.8, 4) is 0 Å². The van der Waals surface area contributed by atoms with Crippen LogP contribution in [-0.4, -0.2) is 11.7 Å². The van der Waals surface area contributed by atoms with E-state index in [0.717, 1.165) is 5.92 Å². The van der Waals surface area contributed by atoms with Gasteiger partial charge in [0.1, 0.15) is 0 Å². The van der Waals surface area contributed by atoms with E-state index in [1.807, 2.05) is 0 Å². The molecular weight excluding hydrogens is 124 g/mol. The van der Waals surface area contributed by atoms with Crippen molar-refractivity contribution < 1.29 is 5.11 Å². The minimum Gasteiger partial charge on any atom is -0.396 e. The molecule has 1 fully saturated rings. The first-order valence-electron chi connectivity index (χ1n) is 4.16. The van der Waals surface area contributed by atoms with Crippen LogP contribution in [0.25, 0.3) is 0 Å². The van der Waals surface area contributed by atoms with Crippen molar-refractivity contribution in [1.29, 1.82) is 0 Å². The molecule has 2 atom stereocenters. The second-order valence-electron chi connectivity index (χ2n) is 4.49. The van der Waals surface area contributed by atoms with E-state index in [1.165, 1.54) is 12.8 Å². The summed E-state index contributed by atoms with van der Waals surface area (Å²) in [5.74, 6) is 1.36. The highest BCUT2D eigenvalue weighted by molar-refractivity contribution is 4.87. The van der Waals surface area contributed by atoms with Crippen molar-refractivity contribution in [3.63, 3.8) is 0 Å². The fraction of sp³-hybridized carbons (Fsp3) is 1.00. The van der Waals surface area contributed by atoms with Gasteiger partial charge in [0.05, 0.1) is 0 Å². The Balaban J connectivity index is 2.43. The van der Waals surface area contributed by atoms with Gasteiger partial charge in [-0.05, 0) is 30.1 Å². The van der Waals surface area contributed by atoms with Gasteiger partial charge in [0.15, 0.2) is 0 Å². The molecule has 1 aliphatic carbocycles. The summed E-state index contributed by atoms with van der Waals surface area (Å²) in [6.45, 7) is 7.18. The van der Waals surface area contributed by atoms with Crippen molar-refractivity contribution in [1.82, 2.24) is 0 Å². The van der Waals surface area contributed by atoms with Crippen LogP contribution in [0, 0.1) is 17.3 Å². The minimum atomic E-state index is 0.391. The smallest absolute Gasteiger partial charge is 0.0462 e. The maximum atomic E-state index is 8.92. The molecule has 1 saturated carbocycles. The Morgan fingerprint density at radius 3 is 2.00 bits per heavy atom. The van der Waals surface area contributed by atoms with Crippen LogP contribution in [0.4, 0.5) is 0 Å². The highest BCUT2D eigenvalue weighted by atomic mass is 16.3. The van der Waals surface area contributed by atoms with Gasteiger partial charge in [0.2, 0.25) is 0 Å². The highest BCUT2D eigenvalue weighted by Crippen LogP contribution is 2.45. The highest BCUT2D eigenvalue weighted by Gasteiger charge is 2.38. The lowest BCUT2D eigenvalue weighted by Crippen LogP contribution is -2.38. The van der Waals surface area contributed by atoms with E-state index in [4.69, 9.17) is 5.11 Å². The molecule has 60 valence electrons. The third-order valence-corrected chi connectivity index (χ3v) is 2.76. The van der Waals surface area contributed by atoms with Crippen LogP contribution >= 0.6 is 0 Å². The van der Waals surface area contributed by atoms with Gasteiger partial charge < -0.3 is 5.11 Å². The Bertz CT molecular complexity index is 110. The first-order chi connectivity index (χ1) is 4.55. The lowest BCUT2D eigenvalue weighted by molar-refractivity contribution is 0.0154. The summed E-state index contributed by atoms with van der Waals surface area (Å²) in [6, 6.07) is 0. The maximum Gasteiger partial charge on any atom is 0.0462 e. The molecule has 0 amide bonds. The first kappa shape index (κ1) is 8.06. The summed E-state index contributed by atoms with van der Waals surface area (Å²) >= 11 is 0. The summed E-state index contributed by atoms with van der Waals surface area (Å²) in [4.78, 5) is 0.